The molecule has 178 valence electrons. The zero-order chi connectivity index (χ0) is 26.0. The Morgan fingerprint density at radius 3 is 1.43 bits per heavy atom. The molecule has 8 nitrogen and oxygen atoms in total. The summed E-state index contributed by atoms with van der Waals surface area (Å²) >= 11 is 1.99. The van der Waals surface area contributed by atoms with Crippen molar-refractivity contribution < 1.29 is 39.6 Å². The van der Waals surface area contributed by atoms with Crippen LogP contribution < -0.4 is 0 Å². The lowest BCUT2D eigenvalue weighted by atomic mass is 9.94. The van der Waals surface area contributed by atoms with Crippen LogP contribution in [0.4, 0.5) is 0 Å². The van der Waals surface area contributed by atoms with E-state index < -0.39 is 23.9 Å². The Bertz CT molecular complexity index is 1480. The van der Waals surface area contributed by atoms with Crippen molar-refractivity contribution in [2.75, 3.05) is 0 Å². The molecular formula is C26H19IO8. The minimum Gasteiger partial charge on any atom is -0.478 e. The maximum absolute atomic E-state index is 11.3. The van der Waals surface area contributed by atoms with Crippen LogP contribution >= 0.6 is 22.6 Å². The lowest BCUT2D eigenvalue weighted by molar-refractivity contribution is 0.0684. The molecule has 0 aromatic heterocycles. The van der Waals surface area contributed by atoms with Gasteiger partial charge in [0.1, 0.15) is 0 Å². The molecule has 0 unspecified atom stereocenters. The van der Waals surface area contributed by atoms with Crippen LogP contribution in [0.3, 0.4) is 0 Å². The Balaban J connectivity index is 0.000000198. The van der Waals surface area contributed by atoms with E-state index in [0.717, 1.165) is 16.3 Å². The number of benzene rings is 4. The second-order valence-electron chi connectivity index (χ2n) is 7.70. The molecule has 0 aliphatic carbocycles. The minimum absolute atomic E-state index is 0.190. The van der Waals surface area contributed by atoms with Crippen LogP contribution in [-0.2, 0) is 0 Å². The van der Waals surface area contributed by atoms with Gasteiger partial charge in [0.25, 0.3) is 0 Å². The van der Waals surface area contributed by atoms with E-state index in [0.29, 0.717) is 19.9 Å². The number of aromatic carboxylic acids is 4. The standard InChI is InChI=1S/C14H11IO4.C12H8O4/c1-6-9-4-3-8(13(16)17)5-10(9)7(2)12(15)11(6)14(18)19;13-11(14)9-3-1-7-5-10(12(15)16)4-2-8(7)6-9/h3-5H,1-2H3,(H,16,17)(H,18,19);1-6H,(H,13,14)(H,15,16). The van der Waals surface area contributed by atoms with Gasteiger partial charge in [-0.3, -0.25) is 0 Å². The fraction of sp³-hybridized carbons (Fsp3) is 0.0769. The minimum atomic E-state index is -0.996. The van der Waals surface area contributed by atoms with Crippen LogP contribution in [0.2, 0.25) is 0 Å². The van der Waals surface area contributed by atoms with Crippen molar-refractivity contribution in [3.63, 3.8) is 0 Å². The Labute approximate surface area is 212 Å². The van der Waals surface area contributed by atoms with Gasteiger partial charge in [0.2, 0.25) is 0 Å². The summed E-state index contributed by atoms with van der Waals surface area (Å²) in [7, 11) is 0. The van der Waals surface area contributed by atoms with E-state index >= 15 is 0 Å². The zero-order valence-electron chi connectivity index (χ0n) is 18.5. The van der Waals surface area contributed by atoms with Gasteiger partial charge in [0, 0.05) is 3.57 Å². The summed E-state index contributed by atoms with van der Waals surface area (Å²) in [5, 5.41) is 38.9. The molecule has 0 radical (unpaired) electrons. The summed E-state index contributed by atoms with van der Waals surface area (Å²) in [5.41, 5.74) is 2.32. The molecule has 4 rings (SSSR count). The second-order valence-corrected chi connectivity index (χ2v) is 8.78. The van der Waals surface area contributed by atoms with Crippen molar-refractivity contribution in [3.8, 4) is 0 Å². The van der Waals surface area contributed by atoms with Gasteiger partial charge in [-0.1, -0.05) is 18.2 Å². The summed E-state index contributed by atoms with van der Waals surface area (Å²) in [4.78, 5) is 43.8. The van der Waals surface area contributed by atoms with Crippen LogP contribution in [0.1, 0.15) is 52.6 Å². The molecule has 4 aromatic rings. The molecule has 0 saturated carbocycles. The smallest absolute Gasteiger partial charge is 0.337 e. The summed E-state index contributed by atoms with van der Waals surface area (Å²) in [6, 6.07) is 13.9. The Morgan fingerprint density at radius 1 is 0.571 bits per heavy atom. The number of hydrogen-bond donors (Lipinski definition) is 4. The van der Waals surface area contributed by atoms with E-state index in [1.54, 1.807) is 31.2 Å². The predicted octanol–water partition coefficient (Wildman–Crippen LogP) is 5.69. The van der Waals surface area contributed by atoms with E-state index in [4.69, 9.17) is 15.3 Å². The number of aryl methyl sites for hydroxylation is 2. The lowest BCUT2D eigenvalue weighted by Gasteiger charge is -2.13. The zero-order valence-corrected chi connectivity index (χ0v) is 20.7. The molecule has 0 fully saturated rings. The van der Waals surface area contributed by atoms with Crippen molar-refractivity contribution in [2.24, 2.45) is 0 Å². The second kappa shape index (κ2) is 10.1. The van der Waals surface area contributed by atoms with Crippen molar-refractivity contribution in [1.29, 1.82) is 0 Å². The number of hydrogen-bond acceptors (Lipinski definition) is 4. The molecule has 0 heterocycles. The number of fused-ring (bicyclic) bond motifs is 2. The Kier molecular flexibility index (Phi) is 7.39. The molecule has 0 amide bonds. The molecule has 0 aliphatic rings. The predicted molar refractivity (Wildman–Crippen MR) is 138 cm³/mol. The highest BCUT2D eigenvalue weighted by Crippen LogP contribution is 2.31. The molecule has 0 aliphatic heterocycles. The molecule has 0 atom stereocenters. The van der Waals surface area contributed by atoms with Crippen LogP contribution in [0.5, 0.6) is 0 Å². The normalized spacial score (nSPS) is 10.5. The van der Waals surface area contributed by atoms with Crippen molar-refractivity contribution in [3.05, 3.63) is 91.5 Å². The van der Waals surface area contributed by atoms with Gasteiger partial charge in [-0.25, -0.2) is 19.2 Å². The van der Waals surface area contributed by atoms with E-state index in [1.165, 1.54) is 30.3 Å². The van der Waals surface area contributed by atoms with Gasteiger partial charge in [-0.05, 0) is 106 Å². The third kappa shape index (κ3) is 5.24. The van der Waals surface area contributed by atoms with E-state index in [1.807, 2.05) is 29.5 Å². The van der Waals surface area contributed by atoms with Crippen molar-refractivity contribution in [1.82, 2.24) is 0 Å². The highest BCUT2D eigenvalue weighted by molar-refractivity contribution is 14.1. The van der Waals surface area contributed by atoms with Crippen molar-refractivity contribution in [2.45, 2.75) is 13.8 Å². The Hall–Kier alpha value is -3.99. The molecule has 4 N–H and O–H groups in total. The van der Waals surface area contributed by atoms with Crippen molar-refractivity contribution >= 4 is 68.0 Å². The van der Waals surface area contributed by atoms with Gasteiger partial charge < -0.3 is 20.4 Å². The molecular weight excluding hydrogens is 567 g/mol. The largest absolute Gasteiger partial charge is 0.478 e. The molecule has 4 aromatic carbocycles. The van der Waals surface area contributed by atoms with Crippen LogP contribution in [0.15, 0.2) is 54.6 Å². The number of carboxylic acids is 4. The van der Waals surface area contributed by atoms with Crippen LogP contribution in [0, 0.1) is 17.4 Å². The first-order chi connectivity index (χ1) is 16.4. The quantitative estimate of drug-likeness (QED) is 0.223. The monoisotopic (exact) mass is 586 g/mol. The highest BCUT2D eigenvalue weighted by Gasteiger charge is 2.19. The van der Waals surface area contributed by atoms with Gasteiger partial charge in [0.05, 0.1) is 22.3 Å². The highest BCUT2D eigenvalue weighted by atomic mass is 127. The molecule has 35 heavy (non-hydrogen) atoms. The van der Waals surface area contributed by atoms with E-state index in [-0.39, 0.29) is 22.3 Å². The Morgan fingerprint density at radius 2 is 1.00 bits per heavy atom. The first kappa shape index (κ1) is 25.6. The first-order valence-corrected chi connectivity index (χ1v) is 11.2. The number of rotatable bonds is 4. The topological polar surface area (TPSA) is 149 Å². The molecule has 0 spiro atoms. The molecule has 9 heteroatoms. The average Bonchev–Trinajstić information content (AvgIpc) is 2.81. The third-order valence-corrected chi connectivity index (χ3v) is 6.89. The van der Waals surface area contributed by atoms with Gasteiger partial charge in [0.15, 0.2) is 0 Å². The fourth-order valence-corrected chi connectivity index (χ4v) is 4.61. The summed E-state index contributed by atoms with van der Waals surface area (Å²) in [6.45, 7) is 3.55. The third-order valence-electron chi connectivity index (χ3n) is 5.55. The summed E-state index contributed by atoms with van der Waals surface area (Å²) < 4.78 is 0.651. The molecule has 0 bridgehead atoms. The van der Waals surface area contributed by atoms with Gasteiger partial charge in [-0.2, -0.15) is 0 Å². The average molecular weight is 586 g/mol. The maximum Gasteiger partial charge on any atom is 0.337 e. The summed E-state index contributed by atoms with van der Waals surface area (Å²) in [5.74, 6) is -3.95. The first-order valence-electron chi connectivity index (χ1n) is 10.1. The number of carbonyl (C=O) groups is 4. The van der Waals surface area contributed by atoms with Gasteiger partial charge in [-0.15, -0.1) is 0 Å². The number of carboxylic acid groups (broad SMARTS) is 4. The fourth-order valence-electron chi connectivity index (χ4n) is 3.69. The SMILES string of the molecule is Cc1c(I)c(C(=O)O)c(C)c2ccc(C(=O)O)cc12.O=C(O)c1ccc2cc(C(=O)O)ccc2c1. The summed E-state index contributed by atoms with van der Waals surface area (Å²) in [6.07, 6.45) is 0. The molecule has 0 saturated heterocycles. The number of halogens is 1. The van der Waals surface area contributed by atoms with E-state index in [9.17, 15) is 24.3 Å². The lowest BCUT2D eigenvalue weighted by Crippen LogP contribution is -2.06. The van der Waals surface area contributed by atoms with Crippen LogP contribution in [0.25, 0.3) is 21.5 Å². The van der Waals surface area contributed by atoms with Crippen LogP contribution in [-0.4, -0.2) is 44.3 Å². The van der Waals surface area contributed by atoms with Gasteiger partial charge >= 0.3 is 23.9 Å². The maximum atomic E-state index is 11.3. The van der Waals surface area contributed by atoms with E-state index in [2.05, 4.69) is 0 Å².